The number of fused-ring (bicyclic) bond motifs is 1. The average Bonchev–Trinajstić information content (AvgIpc) is 2.58. The summed E-state index contributed by atoms with van der Waals surface area (Å²) in [5, 5.41) is 0. The summed E-state index contributed by atoms with van der Waals surface area (Å²) in [6, 6.07) is 5.05. The maximum absolute atomic E-state index is 12.2. The maximum atomic E-state index is 12.2. The second-order valence-corrected chi connectivity index (χ2v) is 4.98. The monoisotopic (exact) mass is 296 g/mol. The summed E-state index contributed by atoms with van der Waals surface area (Å²) in [4.78, 5) is 25.0. The Kier molecular flexibility index (Phi) is 3.19. The first kappa shape index (κ1) is 12.1. The number of carbonyl (C=O) groups is 2. The van der Waals surface area contributed by atoms with Crippen LogP contribution in [0.25, 0.3) is 0 Å². The first-order chi connectivity index (χ1) is 8.04. The number of nitrogens with zero attached hydrogens (tertiary/aromatic N) is 1. The Morgan fingerprint density at radius 3 is 2.88 bits per heavy atom. The third kappa shape index (κ3) is 2.07. The lowest BCUT2D eigenvalue weighted by Crippen LogP contribution is -2.44. The molecule has 0 spiro atoms. The van der Waals surface area contributed by atoms with Crippen LogP contribution in [-0.2, 0) is 11.3 Å². The molecule has 17 heavy (non-hydrogen) atoms. The fourth-order valence-corrected chi connectivity index (χ4v) is 2.48. The van der Waals surface area contributed by atoms with Crippen LogP contribution in [-0.4, -0.2) is 22.8 Å². The molecule has 1 heterocycles. The summed E-state index contributed by atoms with van der Waals surface area (Å²) < 4.78 is 0.860. The molecule has 0 radical (unpaired) electrons. The number of hydrogen-bond acceptors (Lipinski definition) is 2. The van der Waals surface area contributed by atoms with Gasteiger partial charge >= 0.3 is 0 Å². The first-order valence-electron chi connectivity index (χ1n) is 5.43. The van der Waals surface area contributed by atoms with Crippen LogP contribution in [0.15, 0.2) is 22.7 Å². The average molecular weight is 297 g/mol. The number of halogens is 1. The van der Waals surface area contributed by atoms with E-state index in [1.807, 2.05) is 19.1 Å². The Morgan fingerprint density at radius 1 is 1.59 bits per heavy atom. The third-order valence-corrected chi connectivity index (χ3v) is 3.49. The lowest BCUT2D eigenvalue weighted by molar-refractivity contribution is -0.122. The van der Waals surface area contributed by atoms with Crippen LogP contribution in [0.2, 0.25) is 0 Å². The topological polar surface area (TPSA) is 63.4 Å². The van der Waals surface area contributed by atoms with Gasteiger partial charge in [-0.2, -0.15) is 0 Å². The number of primary amides is 1. The molecule has 0 aromatic heterocycles. The summed E-state index contributed by atoms with van der Waals surface area (Å²) >= 11 is 3.33. The van der Waals surface area contributed by atoms with Gasteiger partial charge in [-0.3, -0.25) is 9.59 Å². The lowest BCUT2D eigenvalue weighted by Gasteiger charge is -2.23. The molecule has 0 saturated carbocycles. The quantitative estimate of drug-likeness (QED) is 0.922. The Hall–Kier alpha value is -1.36. The fraction of sp³-hybridized carbons (Fsp3) is 0.333. The molecule has 5 heteroatoms. The van der Waals surface area contributed by atoms with E-state index in [1.54, 1.807) is 11.0 Å². The van der Waals surface area contributed by atoms with Gasteiger partial charge < -0.3 is 10.6 Å². The van der Waals surface area contributed by atoms with E-state index >= 15 is 0 Å². The summed E-state index contributed by atoms with van der Waals surface area (Å²) in [6.07, 6.45) is 0.538. The van der Waals surface area contributed by atoms with Crippen LogP contribution in [0.1, 0.15) is 29.3 Å². The Labute approximate surface area is 108 Å². The Morgan fingerprint density at radius 2 is 2.29 bits per heavy atom. The molecule has 2 N–H and O–H groups in total. The van der Waals surface area contributed by atoms with Crippen molar-refractivity contribution in [2.75, 3.05) is 0 Å². The van der Waals surface area contributed by atoms with Gasteiger partial charge in [-0.15, -0.1) is 0 Å². The standard InChI is InChI=1S/C12H13BrN2O2/c1-2-10(11(14)16)15-6-7-3-4-8(13)5-9(7)12(15)17/h3-5,10H,2,6H2,1H3,(H2,14,16). The van der Waals surface area contributed by atoms with Gasteiger partial charge in [0.2, 0.25) is 5.91 Å². The van der Waals surface area contributed by atoms with Crippen molar-refractivity contribution in [1.82, 2.24) is 4.90 Å². The zero-order chi connectivity index (χ0) is 12.6. The summed E-state index contributed by atoms with van der Waals surface area (Å²) in [5.74, 6) is -0.570. The molecule has 0 fully saturated rings. The van der Waals surface area contributed by atoms with Crippen LogP contribution in [0.5, 0.6) is 0 Å². The van der Waals surface area contributed by atoms with Crippen molar-refractivity contribution >= 4 is 27.7 Å². The van der Waals surface area contributed by atoms with E-state index in [1.165, 1.54) is 0 Å². The van der Waals surface area contributed by atoms with E-state index in [0.29, 0.717) is 18.5 Å². The van der Waals surface area contributed by atoms with Crippen LogP contribution in [0, 0.1) is 0 Å². The van der Waals surface area contributed by atoms with Crippen molar-refractivity contribution in [1.29, 1.82) is 0 Å². The van der Waals surface area contributed by atoms with E-state index in [-0.39, 0.29) is 5.91 Å². The molecule has 0 aliphatic carbocycles. The highest BCUT2D eigenvalue weighted by molar-refractivity contribution is 9.10. The van der Waals surface area contributed by atoms with E-state index in [2.05, 4.69) is 15.9 Å². The van der Waals surface area contributed by atoms with Gasteiger partial charge in [0.25, 0.3) is 5.91 Å². The number of amides is 2. The predicted molar refractivity (Wildman–Crippen MR) is 67.3 cm³/mol. The number of carbonyl (C=O) groups excluding carboxylic acids is 2. The first-order valence-corrected chi connectivity index (χ1v) is 6.22. The molecule has 1 aromatic rings. The highest BCUT2D eigenvalue weighted by Gasteiger charge is 2.34. The number of hydrogen-bond donors (Lipinski definition) is 1. The molecular weight excluding hydrogens is 284 g/mol. The van der Waals surface area contributed by atoms with Gasteiger partial charge in [0.05, 0.1) is 0 Å². The summed E-state index contributed by atoms with van der Waals surface area (Å²) in [5.41, 5.74) is 6.91. The zero-order valence-corrected chi connectivity index (χ0v) is 11.0. The Bertz CT molecular complexity index is 487. The van der Waals surface area contributed by atoms with Crippen molar-refractivity contribution in [3.05, 3.63) is 33.8 Å². The van der Waals surface area contributed by atoms with Crippen molar-refractivity contribution in [2.45, 2.75) is 25.9 Å². The molecule has 0 saturated heterocycles. The van der Waals surface area contributed by atoms with E-state index in [0.717, 1.165) is 10.0 Å². The second kappa shape index (κ2) is 4.49. The molecule has 1 aliphatic rings. The van der Waals surface area contributed by atoms with E-state index in [4.69, 9.17) is 5.73 Å². The van der Waals surface area contributed by atoms with Gasteiger partial charge in [-0.05, 0) is 24.1 Å². The van der Waals surface area contributed by atoms with Gasteiger partial charge in [-0.25, -0.2) is 0 Å². The van der Waals surface area contributed by atoms with Crippen molar-refractivity contribution in [2.24, 2.45) is 5.73 Å². The van der Waals surface area contributed by atoms with Crippen molar-refractivity contribution < 1.29 is 9.59 Å². The minimum absolute atomic E-state index is 0.119. The van der Waals surface area contributed by atoms with Crippen LogP contribution in [0.4, 0.5) is 0 Å². The normalized spacial score (nSPS) is 15.9. The predicted octanol–water partition coefficient (Wildman–Crippen LogP) is 1.67. The minimum atomic E-state index is -0.520. The van der Waals surface area contributed by atoms with Crippen LogP contribution >= 0.6 is 15.9 Å². The number of benzene rings is 1. The molecule has 1 atom stereocenters. The highest BCUT2D eigenvalue weighted by Crippen LogP contribution is 2.27. The minimum Gasteiger partial charge on any atom is -0.368 e. The molecule has 0 bridgehead atoms. The van der Waals surface area contributed by atoms with Crippen LogP contribution in [0.3, 0.4) is 0 Å². The van der Waals surface area contributed by atoms with Gasteiger partial charge in [0.1, 0.15) is 6.04 Å². The summed E-state index contributed by atoms with van der Waals surface area (Å²) in [7, 11) is 0. The molecule has 4 nitrogen and oxygen atoms in total. The number of rotatable bonds is 3. The SMILES string of the molecule is CCC(C(N)=O)N1Cc2ccc(Br)cc2C1=O. The summed E-state index contributed by atoms with van der Waals surface area (Å²) in [6.45, 7) is 2.31. The molecule has 2 rings (SSSR count). The molecular formula is C12H13BrN2O2. The Balaban J connectivity index is 2.34. The molecule has 1 aromatic carbocycles. The maximum Gasteiger partial charge on any atom is 0.255 e. The molecule has 2 amide bonds. The highest BCUT2D eigenvalue weighted by atomic mass is 79.9. The third-order valence-electron chi connectivity index (χ3n) is 3.00. The smallest absolute Gasteiger partial charge is 0.255 e. The lowest BCUT2D eigenvalue weighted by atomic mass is 10.1. The van der Waals surface area contributed by atoms with Crippen molar-refractivity contribution in [3.8, 4) is 0 Å². The fourth-order valence-electron chi connectivity index (χ4n) is 2.12. The molecule has 1 unspecified atom stereocenters. The molecule has 90 valence electrons. The zero-order valence-electron chi connectivity index (χ0n) is 9.44. The van der Waals surface area contributed by atoms with Gasteiger partial charge in [-0.1, -0.05) is 28.9 Å². The second-order valence-electron chi connectivity index (χ2n) is 4.06. The van der Waals surface area contributed by atoms with Gasteiger partial charge in [0, 0.05) is 16.6 Å². The van der Waals surface area contributed by atoms with Crippen molar-refractivity contribution in [3.63, 3.8) is 0 Å². The largest absolute Gasteiger partial charge is 0.368 e. The van der Waals surface area contributed by atoms with E-state index in [9.17, 15) is 9.59 Å². The van der Waals surface area contributed by atoms with E-state index < -0.39 is 11.9 Å². The van der Waals surface area contributed by atoms with Gasteiger partial charge in [0.15, 0.2) is 0 Å². The molecule has 1 aliphatic heterocycles. The van der Waals surface area contributed by atoms with Crippen LogP contribution < -0.4 is 5.73 Å². The number of nitrogens with two attached hydrogens (primary N) is 1.